The van der Waals surface area contributed by atoms with Crippen LogP contribution in [0.2, 0.25) is 0 Å². The van der Waals surface area contributed by atoms with Crippen LogP contribution in [0, 0.1) is 0 Å². The average molecular weight is 436 g/mol. The van der Waals surface area contributed by atoms with E-state index in [2.05, 4.69) is 19.9 Å². The maximum atomic E-state index is 11.4. The standard InChI is InChI=1S/C22H24N6O4/c1-15(29)27(3)9-10-28(4)20-13-23-14-21(26-20)32-18-7-5-17(6-8-18)22-24-11-19(12-25-22)31-16(2)30/h5-8,11-14H,9-10H2,1-4H3. The highest BCUT2D eigenvalue weighted by Crippen LogP contribution is 2.24. The predicted octanol–water partition coefficient (Wildman–Crippen LogP) is 2.57. The Labute approximate surface area is 185 Å². The van der Waals surface area contributed by atoms with Gasteiger partial charge in [-0.2, -0.15) is 4.98 Å². The van der Waals surface area contributed by atoms with Gasteiger partial charge in [0.25, 0.3) is 0 Å². The second-order valence-electron chi connectivity index (χ2n) is 7.04. The van der Waals surface area contributed by atoms with Gasteiger partial charge in [-0.05, 0) is 24.3 Å². The lowest BCUT2D eigenvalue weighted by molar-refractivity contribution is -0.132. The number of ether oxygens (including phenoxy) is 2. The van der Waals surface area contributed by atoms with Crippen molar-refractivity contribution >= 4 is 17.7 Å². The summed E-state index contributed by atoms with van der Waals surface area (Å²) >= 11 is 0. The molecule has 10 nitrogen and oxygen atoms in total. The number of esters is 1. The minimum Gasteiger partial charge on any atom is -0.437 e. The number of aromatic nitrogens is 4. The molecule has 0 aliphatic heterocycles. The molecule has 1 aromatic carbocycles. The van der Waals surface area contributed by atoms with Gasteiger partial charge in [-0.1, -0.05) is 0 Å². The van der Waals surface area contributed by atoms with Gasteiger partial charge in [-0.15, -0.1) is 0 Å². The molecule has 2 aromatic heterocycles. The van der Waals surface area contributed by atoms with Crippen molar-refractivity contribution in [3.8, 4) is 28.8 Å². The molecule has 0 fully saturated rings. The van der Waals surface area contributed by atoms with Gasteiger partial charge >= 0.3 is 5.97 Å². The number of likely N-dealkylation sites (N-methyl/N-ethyl adjacent to an activating group) is 2. The summed E-state index contributed by atoms with van der Waals surface area (Å²) in [7, 11) is 3.63. The van der Waals surface area contributed by atoms with Gasteiger partial charge in [0.15, 0.2) is 17.4 Å². The minimum absolute atomic E-state index is 0.00996. The molecule has 0 aliphatic rings. The van der Waals surface area contributed by atoms with Crippen molar-refractivity contribution in [3.05, 3.63) is 49.1 Å². The number of anilines is 1. The Hall–Kier alpha value is -4.08. The molecular weight excluding hydrogens is 412 g/mol. The molecule has 0 radical (unpaired) electrons. The Kier molecular flexibility index (Phi) is 7.27. The Balaban J connectivity index is 1.63. The van der Waals surface area contributed by atoms with Gasteiger partial charge in [0.2, 0.25) is 11.8 Å². The van der Waals surface area contributed by atoms with E-state index in [4.69, 9.17) is 9.47 Å². The molecule has 0 saturated heterocycles. The third-order valence-corrected chi connectivity index (χ3v) is 4.52. The molecule has 2 heterocycles. The van der Waals surface area contributed by atoms with E-state index in [-0.39, 0.29) is 11.7 Å². The molecule has 3 rings (SSSR count). The summed E-state index contributed by atoms with van der Waals surface area (Å²) in [6, 6.07) is 7.19. The summed E-state index contributed by atoms with van der Waals surface area (Å²) in [4.78, 5) is 43.0. The number of hydrogen-bond donors (Lipinski definition) is 0. The first kappa shape index (κ1) is 22.6. The van der Waals surface area contributed by atoms with Crippen molar-refractivity contribution in [1.82, 2.24) is 24.8 Å². The van der Waals surface area contributed by atoms with Crippen molar-refractivity contribution in [3.63, 3.8) is 0 Å². The monoisotopic (exact) mass is 436 g/mol. The molecule has 3 aromatic rings. The molecule has 0 spiro atoms. The second-order valence-corrected chi connectivity index (χ2v) is 7.04. The van der Waals surface area contributed by atoms with Crippen LogP contribution in [0.4, 0.5) is 5.82 Å². The van der Waals surface area contributed by atoms with Crippen LogP contribution in [0.25, 0.3) is 11.4 Å². The Morgan fingerprint density at radius 2 is 1.59 bits per heavy atom. The quantitative estimate of drug-likeness (QED) is 0.492. The molecule has 10 heteroatoms. The smallest absolute Gasteiger partial charge is 0.308 e. The number of hydrogen-bond acceptors (Lipinski definition) is 9. The van der Waals surface area contributed by atoms with Crippen molar-refractivity contribution in [2.75, 3.05) is 32.1 Å². The maximum absolute atomic E-state index is 11.4. The number of carbonyl (C=O) groups is 2. The summed E-state index contributed by atoms with van der Waals surface area (Å²) in [6.45, 7) is 4.03. The van der Waals surface area contributed by atoms with Crippen molar-refractivity contribution in [2.45, 2.75) is 13.8 Å². The first-order valence-electron chi connectivity index (χ1n) is 9.85. The highest BCUT2D eigenvalue weighted by Gasteiger charge is 2.09. The number of nitrogens with zero attached hydrogens (tertiary/aromatic N) is 6. The number of rotatable bonds is 8. The molecule has 0 atom stereocenters. The van der Waals surface area contributed by atoms with E-state index in [1.54, 1.807) is 30.3 Å². The molecule has 32 heavy (non-hydrogen) atoms. The van der Waals surface area contributed by atoms with E-state index in [1.165, 1.54) is 32.4 Å². The van der Waals surface area contributed by atoms with Gasteiger partial charge in [-0.25, -0.2) is 9.97 Å². The largest absolute Gasteiger partial charge is 0.437 e. The number of amides is 1. The summed E-state index contributed by atoms with van der Waals surface area (Å²) in [5, 5.41) is 0. The molecule has 166 valence electrons. The molecule has 0 bridgehead atoms. The van der Waals surface area contributed by atoms with E-state index < -0.39 is 5.97 Å². The predicted molar refractivity (Wildman–Crippen MR) is 117 cm³/mol. The van der Waals surface area contributed by atoms with Crippen molar-refractivity contribution in [1.29, 1.82) is 0 Å². The van der Waals surface area contributed by atoms with Crippen LogP contribution in [0.1, 0.15) is 13.8 Å². The van der Waals surface area contributed by atoms with Crippen LogP contribution in [-0.4, -0.2) is 63.9 Å². The topological polar surface area (TPSA) is 111 Å². The fourth-order valence-electron chi connectivity index (χ4n) is 2.62. The van der Waals surface area contributed by atoms with E-state index in [0.29, 0.717) is 36.4 Å². The van der Waals surface area contributed by atoms with Gasteiger partial charge in [0.05, 0.1) is 24.8 Å². The first-order valence-corrected chi connectivity index (χ1v) is 9.85. The van der Waals surface area contributed by atoms with Crippen molar-refractivity contribution < 1.29 is 19.1 Å². The van der Waals surface area contributed by atoms with Crippen LogP contribution < -0.4 is 14.4 Å². The first-order chi connectivity index (χ1) is 15.3. The highest BCUT2D eigenvalue weighted by molar-refractivity contribution is 5.72. The van der Waals surface area contributed by atoms with Gasteiger partial charge in [0, 0.05) is 46.6 Å². The SMILES string of the molecule is CC(=O)Oc1cnc(-c2ccc(Oc3cncc(N(C)CCN(C)C(C)=O)n3)cc2)nc1. The zero-order valence-electron chi connectivity index (χ0n) is 18.3. The molecule has 0 N–H and O–H groups in total. The Morgan fingerprint density at radius 1 is 0.906 bits per heavy atom. The van der Waals surface area contributed by atoms with E-state index in [0.717, 1.165) is 5.56 Å². The van der Waals surface area contributed by atoms with Crippen LogP contribution in [0.5, 0.6) is 17.4 Å². The normalized spacial score (nSPS) is 10.4. The lowest BCUT2D eigenvalue weighted by atomic mass is 10.2. The van der Waals surface area contributed by atoms with E-state index >= 15 is 0 Å². The summed E-state index contributed by atoms with van der Waals surface area (Å²) in [6.07, 6.45) is 6.06. The zero-order valence-corrected chi connectivity index (χ0v) is 18.3. The summed E-state index contributed by atoms with van der Waals surface area (Å²) in [5.74, 6) is 1.93. The van der Waals surface area contributed by atoms with Crippen LogP contribution in [-0.2, 0) is 9.59 Å². The fourth-order valence-corrected chi connectivity index (χ4v) is 2.62. The average Bonchev–Trinajstić information content (AvgIpc) is 2.78. The summed E-state index contributed by atoms with van der Waals surface area (Å²) in [5.41, 5.74) is 0.779. The third-order valence-electron chi connectivity index (χ3n) is 4.52. The van der Waals surface area contributed by atoms with Gasteiger partial charge < -0.3 is 19.3 Å². The van der Waals surface area contributed by atoms with Crippen LogP contribution in [0.3, 0.4) is 0 Å². The number of carbonyl (C=O) groups excluding carboxylic acids is 2. The van der Waals surface area contributed by atoms with Gasteiger partial charge in [-0.3, -0.25) is 14.6 Å². The maximum Gasteiger partial charge on any atom is 0.308 e. The fraction of sp³-hybridized carbons (Fsp3) is 0.273. The lowest BCUT2D eigenvalue weighted by Crippen LogP contribution is -2.33. The number of benzene rings is 1. The van der Waals surface area contributed by atoms with Crippen LogP contribution >= 0.6 is 0 Å². The zero-order chi connectivity index (χ0) is 23.1. The molecule has 1 amide bonds. The molecular formula is C22H24N6O4. The van der Waals surface area contributed by atoms with Gasteiger partial charge in [0.1, 0.15) is 5.75 Å². The highest BCUT2D eigenvalue weighted by atomic mass is 16.5. The molecule has 0 unspecified atom stereocenters. The molecule has 0 saturated carbocycles. The third kappa shape index (κ3) is 6.21. The van der Waals surface area contributed by atoms with Crippen LogP contribution in [0.15, 0.2) is 49.1 Å². The van der Waals surface area contributed by atoms with Crippen molar-refractivity contribution in [2.24, 2.45) is 0 Å². The Morgan fingerprint density at radius 3 is 2.22 bits per heavy atom. The van der Waals surface area contributed by atoms with E-state index in [1.807, 2.05) is 24.1 Å². The molecule has 0 aliphatic carbocycles. The summed E-state index contributed by atoms with van der Waals surface area (Å²) < 4.78 is 10.8. The second kappa shape index (κ2) is 10.3. The lowest BCUT2D eigenvalue weighted by Gasteiger charge is -2.22. The minimum atomic E-state index is -0.426. The Bertz CT molecular complexity index is 1070. The van der Waals surface area contributed by atoms with E-state index in [9.17, 15) is 9.59 Å².